The Hall–Kier alpha value is -3.14. The maximum Gasteiger partial charge on any atom is 0.259 e. The van der Waals surface area contributed by atoms with Gasteiger partial charge in [0, 0.05) is 31.0 Å². The second kappa shape index (κ2) is 9.37. The Bertz CT molecular complexity index is 953. The lowest BCUT2D eigenvalue weighted by atomic mass is 10.1. The first-order chi connectivity index (χ1) is 14.0. The summed E-state index contributed by atoms with van der Waals surface area (Å²) >= 11 is 0. The largest absolute Gasteiger partial charge is 0.364 e. The lowest BCUT2D eigenvalue weighted by molar-refractivity contribution is 0.0988. The van der Waals surface area contributed by atoms with E-state index in [1.807, 2.05) is 68.6 Å². The Morgan fingerprint density at radius 1 is 0.966 bits per heavy atom. The van der Waals surface area contributed by atoms with Crippen LogP contribution in [-0.4, -0.2) is 23.5 Å². The van der Waals surface area contributed by atoms with Gasteiger partial charge in [-0.15, -0.1) is 0 Å². The minimum Gasteiger partial charge on any atom is -0.364 e. The summed E-state index contributed by atoms with van der Waals surface area (Å²) in [7, 11) is 0. The Kier molecular flexibility index (Phi) is 6.65. The maximum absolute atomic E-state index is 13.3. The molecule has 4 nitrogen and oxygen atoms in total. The highest BCUT2D eigenvalue weighted by Crippen LogP contribution is 2.23. The maximum atomic E-state index is 13.3. The summed E-state index contributed by atoms with van der Waals surface area (Å²) < 4.78 is 0. The van der Waals surface area contributed by atoms with Crippen molar-refractivity contribution in [2.24, 2.45) is 0 Å². The fourth-order valence-electron chi connectivity index (χ4n) is 3.45. The van der Waals surface area contributed by atoms with E-state index < -0.39 is 0 Å². The molecule has 3 aromatic rings. The van der Waals surface area contributed by atoms with E-state index in [0.717, 1.165) is 23.5 Å². The number of carbonyl (C=O) groups is 1. The summed E-state index contributed by atoms with van der Waals surface area (Å²) in [4.78, 5) is 21.7. The van der Waals surface area contributed by atoms with Crippen LogP contribution in [0.1, 0.15) is 42.3 Å². The summed E-state index contributed by atoms with van der Waals surface area (Å²) in [5.41, 5.74) is 4.83. The highest BCUT2D eigenvalue weighted by atomic mass is 16.2. The molecule has 0 atom stereocenters. The summed E-state index contributed by atoms with van der Waals surface area (Å²) in [5.74, 6) is -0.0316. The highest BCUT2D eigenvalue weighted by molar-refractivity contribution is 6.06. The van der Waals surface area contributed by atoms with Crippen LogP contribution >= 0.6 is 0 Å². The first-order valence-electron chi connectivity index (χ1n) is 10.1. The molecule has 29 heavy (non-hydrogen) atoms. The van der Waals surface area contributed by atoms with Crippen molar-refractivity contribution in [1.29, 1.82) is 0 Å². The van der Waals surface area contributed by atoms with Gasteiger partial charge in [0.05, 0.1) is 17.4 Å². The van der Waals surface area contributed by atoms with Gasteiger partial charge in [0.2, 0.25) is 0 Å². The number of hydrogen-bond acceptors (Lipinski definition) is 3. The fourth-order valence-corrected chi connectivity index (χ4v) is 3.45. The van der Waals surface area contributed by atoms with Crippen LogP contribution in [0.4, 0.5) is 11.4 Å². The van der Waals surface area contributed by atoms with Crippen LogP contribution in [0.15, 0.2) is 73.1 Å². The number of anilines is 2. The Labute approximate surface area is 173 Å². The SMILES string of the molecule is CCN(C(=O)c1cncc(N(Cc2ccccc2)C(C)C)c1)c1cccc(C)c1. The van der Waals surface area contributed by atoms with E-state index in [1.54, 1.807) is 11.1 Å². The standard InChI is InChI=1S/C25H29N3O/c1-5-27(23-13-9-10-20(4)14-23)25(29)22-15-24(17-26-16-22)28(19(2)3)18-21-11-7-6-8-12-21/h6-17,19H,5,18H2,1-4H3. The van der Waals surface area contributed by atoms with Crippen LogP contribution in [0.25, 0.3) is 0 Å². The molecule has 0 radical (unpaired) electrons. The number of amides is 1. The van der Waals surface area contributed by atoms with Crippen LogP contribution in [-0.2, 0) is 6.54 Å². The van der Waals surface area contributed by atoms with Crippen molar-refractivity contribution in [3.8, 4) is 0 Å². The Morgan fingerprint density at radius 3 is 2.38 bits per heavy atom. The Balaban J connectivity index is 1.89. The number of nitrogens with zero attached hydrogens (tertiary/aromatic N) is 3. The van der Waals surface area contributed by atoms with E-state index in [1.165, 1.54) is 5.56 Å². The third kappa shape index (κ3) is 5.02. The van der Waals surface area contributed by atoms with Crippen molar-refractivity contribution in [2.75, 3.05) is 16.3 Å². The molecule has 0 aliphatic carbocycles. The number of hydrogen-bond donors (Lipinski definition) is 0. The molecular formula is C25H29N3O. The van der Waals surface area contributed by atoms with Crippen molar-refractivity contribution >= 4 is 17.3 Å². The number of pyridine rings is 1. The van der Waals surface area contributed by atoms with E-state index in [4.69, 9.17) is 0 Å². The van der Waals surface area contributed by atoms with E-state index in [9.17, 15) is 4.79 Å². The zero-order valence-corrected chi connectivity index (χ0v) is 17.7. The van der Waals surface area contributed by atoms with Gasteiger partial charge in [-0.05, 0) is 57.0 Å². The van der Waals surface area contributed by atoms with E-state index in [-0.39, 0.29) is 11.9 Å². The van der Waals surface area contributed by atoms with Crippen molar-refractivity contribution in [3.05, 3.63) is 89.7 Å². The molecule has 0 spiro atoms. The van der Waals surface area contributed by atoms with Crippen LogP contribution in [0.2, 0.25) is 0 Å². The molecule has 4 heteroatoms. The first-order valence-corrected chi connectivity index (χ1v) is 10.1. The smallest absolute Gasteiger partial charge is 0.259 e. The third-order valence-electron chi connectivity index (χ3n) is 5.00. The monoisotopic (exact) mass is 387 g/mol. The average Bonchev–Trinajstić information content (AvgIpc) is 2.73. The summed E-state index contributed by atoms with van der Waals surface area (Å²) in [6, 6.07) is 20.6. The predicted octanol–water partition coefficient (Wildman–Crippen LogP) is 5.47. The molecule has 0 N–H and O–H groups in total. The summed E-state index contributed by atoms with van der Waals surface area (Å²) in [5, 5.41) is 0. The van der Waals surface area contributed by atoms with E-state index in [0.29, 0.717) is 12.1 Å². The van der Waals surface area contributed by atoms with Gasteiger partial charge in [-0.1, -0.05) is 42.5 Å². The highest BCUT2D eigenvalue weighted by Gasteiger charge is 2.19. The molecule has 1 amide bonds. The quantitative estimate of drug-likeness (QED) is 0.539. The second-order valence-electron chi connectivity index (χ2n) is 7.53. The van der Waals surface area contributed by atoms with Gasteiger partial charge >= 0.3 is 0 Å². The van der Waals surface area contributed by atoms with Gasteiger partial charge < -0.3 is 9.80 Å². The molecule has 0 saturated carbocycles. The van der Waals surface area contributed by atoms with Crippen molar-refractivity contribution < 1.29 is 4.79 Å². The normalized spacial score (nSPS) is 10.8. The van der Waals surface area contributed by atoms with Crippen LogP contribution < -0.4 is 9.80 Å². The predicted molar refractivity (Wildman–Crippen MR) is 121 cm³/mol. The number of aryl methyl sites for hydroxylation is 1. The van der Waals surface area contributed by atoms with Gasteiger partial charge in [0.25, 0.3) is 5.91 Å². The lowest BCUT2D eigenvalue weighted by Crippen LogP contribution is -2.32. The van der Waals surface area contributed by atoms with Crippen LogP contribution in [0.3, 0.4) is 0 Å². The molecule has 2 aromatic carbocycles. The molecule has 150 valence electrons. The average molecular weight is 388 g/mol. The van der Waals surface area contributed by atoms with Gasteiger partial charge in [-0.2, -0.15) is 0 Å². The topological polar surface area (TPSA) is 36.4 Å². The molecule has 0 fully saturated rings. The van der Waals surface area contributed by atoms with Crippen LogP contribution in [0, 0.1) is 6.92 Å². The summed E-state index contributed by atoms with van der Waals surface area (Å²) in [6.45, 7) is 9.71. The van der Waals surface area contributed by atoms with E-state index >= 15 is 0 Å². The Morgan fingerprint density at radius 2 is 1.72 bits per heavy atom. The number of rotatable bonds is 7. The lowest BCUT2D eigenvalue weighted by Gasteiger charge is -2.29. The van der Waals surface area contributed by atoms with Gasteiger partial charge in [0.15, 0.2) is 0 Å². The van der Waals surface area contributed by atoms with Gasteiger partial charge in [-0.25, -0.2) is 0 Å². The second-order valence-corrected chi connectivity index (χ2v) is 7.53. The minimum atomic E-state index is -0.0316. The zero-order chi connectivity index (χ0) is 20.8. The number of aromatic nitrogens is 1. The molecule has 0 bridgehead atoms. The number of benzene rings is 2. The van der Waals surface area contributed by atoms with Crippen molar-refractivity contribution in [1.82, 2.24) is 4.98 Å². The fraction of sp³-hybridized carbons (Fsp3) is 0.280. The van der Waals surface area contributed by atoms with Crippen molar-refractivity contribution in [3.63, 3.8) is 0 Å². The molecule has 0 aliphatic rings. The van der Waals surface area contributed by atoms with Gasteiger partial charge in [0.1, 0.15) is 0 Å². The zero-order valence-electron chi connectivity index (χ0n) is 17.7. The van der Waals surface area contributed by atoms with Gasteiger partial charge in [-0.3, -0.25) is 9.78 Å². The number of carbonyl (C=O) groups excluding carboxylic acids is 1. The molecular weight excluding hydrogens is 358 g/mol. The third-order valence-corrected chi connectivity index (χ3v) is 5.00. The summed E-state index contributed by atoms with van der Waals surface area (Å²) in [6.07, 6.45) is 3.49. The molecule has 0 aliphatic heterocycles. The molecule has 0 unspecified atom stereocenters. The molecule has 3 rings (SSSR count). The van der Waals surface area contributed by atoms with Crippen molar-refractivity contribution in [2.45, 2.75) is 40.3 Å². The van der Waals surface area contributed by atoms with Crippen LogP contribution in [0.5, 0.6) is 0 Å². The molecule has 1 heterocycles. The minimum absolute atomic E-state index is 0.0316. The molecule has 1 aromatic heterocycles. The van der Waals surface area contributed by atoms with E-state index in [2.05, 4.69) is 35.9 Å². The first kappa shape index (κ1) is 20.6. The molecule has 0 saturated heterocycles.